The third kappa shape index (κ3) is 3.58. The minimum atomic E-state index is -0.174. The van der Waals surface area contributed by atoms with E-state index in [4.69, 9.17) is 16.0 Å². The van der Waals surface area contributed by atoms with Crippen molar-refractivity contribution in [2.45, 2.75) is 26.3 Å². The number of rotatable bonds is 4. The van der Waals surface area contributed by atoms with E-state index in [1.807, 2.05) is 13.8 Å². The Kier molecular flexibility index (Phi) is 4.22. The molecule has 0 unspecified atom stereocenters. The van der Waals surface area contributed by atoms with E-state index in [9.17, 15) is 4.79 Å². The van der Waals surface area contributed by atoms with Crippen LogP contribution in [0.15, 0.2) is 35.1 Å². The van der Waals surface area contributed by atoms with Gasteiger partial charge >= 0.3 is 0 Å². The minimum absolute atomic E-state index is 0.174. The van der Waals surface area contributed by atoms with E-state index in [2.05, 4.69) is 10.3 Å². The molecule has 1 N–H and O–H groups in total. The van der Waals surface area contributed by atoms with Crippen molar-refractivity contribution >= 4 is 17.5 Å². The van der Waals surface area contributed by atoms with Gasteiger partial charge in [0.15, 0.2) is 0 Å². The Hall–Kier alpha value is -1.81. The summed E-state index contributed by atoms with van der Waals surface area (Å²) in [5.74, 6) is 0.0477. The summed E-state index contributed by atoms with van der Waals surface area (Å²) in [6, 6.07) is 5.14. The number of pyridine rings is 1. The van der Waals surface area contributed by atoms with Crippen LogP contribution in [0.4, 0.5) is 0 Å². The summed E-state index contributed by atoms with van der Waals surface area (Å²) in [6.07, 6.45) is 3.17. The zero-order valence-corrected chi connectivity index (χ0v) is 11.6. The molecule has 0 bridgehead atoms. The molecule has 2 aromatic rings. The lowest BCUT2D eigenvalue weighted by Gasteiger charge is -2.08. The lowest BCUT2D eigenvalue weighted by Crippen LogP contribution is -2.23. The third-order valence-electron chi connectivity index (χ3n) is 2.70. The van der Waals surface area contributed by atoms with Gasteiger partial charge in [0.1, 0.15) is 5.15 Å². The monoisotopic (exact) mass is 278 g/mol. The second-order valence-electron chi connectivity index (χ2n) is 4.57. The van der Waals surface area contributed by atoms with Crippen molar-refractivity contribution in [3.05, 3.63) is 52.7 Å². The SMILES string of the molecule is CC(C)c1cc(C(=O)NCc2ccoc2)cc(Cl)n1. The fourth-order valence-corrected chi connectivity index (χ4v) is 1.84. The Morgan fingerprint density at radius 3 is 2.89 bits per heavy atom. The van der Waals surface area contributed by atoms with E-state index in [-0.39, 0.29) is 11.8 Å². The number of aromatic nitrogens is 1. The van der Waals surface area contributed by atoms with Gasteiger partial charge in [-0.25, -0.2) is 4.98 Å². The van der Waals surface area contributed by atoms with E-state index >= 15 is 0 Å². The molecule has 0 spiro atoms. The number of nitrogens with zero attached hydrogens (tertiary/aromatic N) is 1. The molecule has 5 heteroatoms. The van der Waals surface area contributed by atoms with Crippen molar-refractivity contribution in [2.75, 3.05) is 0 Å². The highest BCUT2D eigenvalue weighted by atomic mass is 35.5. The summed E-state index contributed by atoms with van der Waals surface area (Å²) >= 11 is 5.93. The Labute approximate surface area is 116 Å². The predicted molar refractivity (Wildman–Crippen MR) is 73.2 cm³/mol. The van der Waals surface area contributed by atoms with Crippen LogP contribution in [0.3, 0.4) is 0 Å². The maximum atomic E-state index is 12.0. The molecule has 100 valence electrons. The number of nitrogens with one attached hydrogen (secondary N) is 1. The van der Waals surface area contributed by atoms with Crippen LogP contribution in [0.25, 0.3) is 0 Å². The summed E-state index contributed by atoms with van der Waals surface area (Å²) < 4.78 is 4.94. The normalized spacial score (nSPS) is 10.7. The molecule has 1 amide bonds. The number of hydrogen-bond donors (Lipinski definition) is 1. The smallest absolute Gasteiger partial charge is 0.251 e. The molecule has 0 aliphatic heterocycles. The van der Waals surface area contributed by atoms with Gasteiger partial charge in [-0.3, -0.25) is 4.79 Å². The highest BCUT2D eigenvalue weighted by Gasteiger charge is 2.11. The molecule has 2 aromatic heterocycles. The molecule has 4 nitrogen and oxygen atoms in total. The molecular weight excluding hydrogens is 264 g/mol. The Morgan fingerprint density at radius 1 is 1.47 bits per heavy atom. The van der Waals surface area contributed by atoms with Gasteiger partial charge in [0.2, 0.25) is 0 Å². The van der Waals surface area contributed by atoms with Crippen LogP contribution in [-0.2, 0) is 6.54 Å². The van der Waals surface area contributed by atoms with Gasteiger partial charge in [0.25, 0.3) is 5.91 Å². The molecule has 2 heterocycles. The van der Waals surface area contributed by atoms with E-state index < -0.39 is 0 Å². The second-order valence-corrected chi connectivity index (χ2v) is 4.96. The van der Waals surface area contributed by atoms with Gasteiger partial charge in [-0.15, -0.1) is 0 Å². The number of furan rings is 1. The van der Waals surface area contributed by atoms with Crippen LogP contribution in [0.2, 0.25) is 5.15 Å². The molecule has 0 atom stereocenters. The van der Waals surface area contributed by atoms with Crippen molar-refractivity contribution in [3.8, 4) is 0 Å². The lowest BCUT2D eigenvalue weighted by molar-refractivity contribution is 0.0950. The van der Waals surface area contributed by atoms with Crippen LogP contribution in [0.1, 0.15) is 41.4 Å². The van der Waals surface area contributed by atoms with Crippen LogP contribution in [-0.4, -0.2) is 10.9 Å². The summed E-state index contributed by atoms with van der Waals surface area (Å²) in [6.45, 7) is 4.43. The van der Waals surface area contributed by atoms with Crippen molar-refractivity contribution in [1.29, 1.82) is 0 Å². The maximum absolute atomic E-state index is 12.0. The average molecular weight is 279 g/mol. The first kappa shape index (κ1) is 13.6. The molecule has 0 saturated carbocycles. The summed E-state index contributed by atoms with van der Waals surface area (Å²) in [5.41, 5.74) is 2.24. The topological polar surface area (TPSA) is 55.1 Å². The Bertz CT molecular complexity index is 565. The number of carbonyl (C=O) groups is 1. The third-order valence-corrected chi connectivity index (χ3v) is 2.89. The zero-order valence-electron chi connectivity index (χ0n) is 10.8. The molecule has 0 radical (unpaired) electrons. The van der Waals surface area contributed by atoms with Crippen LogP contribution in [0, 0.1) is 0 Å². The van der Waals surface area contributed by atoms with Gasteiger partial charge in [-0.05, 0) is 24.1 Å². The summed E-state index contributed by atoms with van der Waals surface area (Å²) in [5, 5.41) is 3.14. The number of carbonyl (C=O) groups excluding carboxylic acids is 1. The number of hydrogen-bond acceptors (Lipinski definition) is 3. The predicted octanol–water partition coefficient (Wildman–Crippen LogP) is 3.38. The lowest BCUT2D eigenvalue weighted by atomic mass is 10.1. The number of halogens is 1. The maximum Gasteiger partial charge on any atom is 0.251 e. The first-order valence-electron chi connectivity index (χ1n) is 6.03. The van der Waals surface area contributed by atoms with Gasteiger partial charge in [0, 0.05) is 23.4 Å². The van der Waals surface area contributed by atoms with Crippen molar-refractivity contribution in [1.82, 2.24) is 10.3 Å². The quantitative estimate of drug-likeness (QED) is 0.872. The fraction of sp³-hybridized carbons (Fsp3) is 0.286. The van der Waals surface area contributed by atoms with Crippen molar-refractivity contribution < 1.29 is 9.21 Å². The summed E-state index contributed by atoms with van der Waals surface area (Å²) in [4.78, 5) is 16.2. The molecule has 0 fully saturated rings. The summed E-state index contributed by atoms with van der Waals surface area (Å²) in [7, 11) is 0. The molecule has 19 heavy (non-hydrogen) atoms. The van der Waals surface area contributed by atoms with E-state index in [1.165, 1.54) is 0 Å². The molecule has 0 aliphatic rings. The van der Waals surface area contributed by atoms with Crippen LogP contribution < -0.4 is 5.32 Å². The van der Waals surface area contributed by atoms with Gasteiger partial charge in [-0.1, -0.05) is 25.4 Å². The fourth-order valence-electron chi connectivity index (χ4n) is 1.62. The zero-order chi connectivity index (χ0) is 13.8. The van der Waals surface area contributed by atoms with E-state index in [0.29, 0.717) is 17.3 Å². The molecule has 0 aromatic carbocycles. The average Bonchev–Trinajstić information content (AvgIpc) is 2.88. The Balaban J connectivity index is 2.10. The molecule has 0 saturated heterocycles. The molecule has 0 aliphatic carbocycles. The van der Waals surface area contributed by atoms with Gasteiger partial charge < -0.3 is 9.73 Å². The molecule has 2 rings (SSSR count). The highest BCUT2D eigenvalue weighted by Crippen LogP contribution is 2.17. The van der Waals surface area contributed by atoms with Gasteiger partial charge in [-0.2, -0.15) is 0 Å². The van der Waals surface area contributed by atoms with Gasteiger partial charge in [0.05, 0.1) is 12.5 Å². The first-order chi connectivity index (χ1) is 9.06. The molecular formula is C14H15ClN2O2. The van der Waals surface area contributed by atoms with E-state index in [1.54, 1.807) is 30.7 Å². The highest BCUT2D eigenvalue weighted by molar-refractivity contribution is 6.29. The van der Waals surface area contributed by atoms with Crippen LogP contribution in [0.5, 0.6) is 0 Å². The largest absolute Gasteiger partial charge is 0.472 e. The minimum Gasteiger partial charge on any atom is -0.472 e. The van der Waals surface area contributed by atoms with Crippen molar-refractivity contribution in [2.24, 2.45) is 0 Å². The van der Waals surface area contributed by atoms with E-state index in [0.717, 1.165) is 11.3 Å². The Morgan fingerprint density at radius 2 is 2.26 bits per heavy atom. The van der Waals surface area contributed by atoms with Crippen molar-refractivity contribution in [3.63, 3.8) is 0 Å². The second kappa shape index (κ2) is 5.89. The standard InChI is InChI=1S/C14H15ClN2O2/c1-9(2)12-5-11(6-13(15)17-12)14(18)16-7-10-3-4-19-8-10/h3-6,8-9H,7H2,1-2H3,(H,16,18). The number of amides is 1. The first-order valence-corrected chi connectivity index (χ1v) is 6.41. The van der Waals surface area contributed by atoms with Crippen LogP contribution >= 0.6 is 11.6 Å².